The predicted octanol–water partition coefficient (Wildman–Crippen LogP) is 1.51. The normalized spacial score (nSPS) is 11.3. The largest absolute Gasteiger partial charge is 0.396 e. The second-order valence-corrected chi connectivity index (χ2v) is 5.12. The molecule has 0 aliphatic heterocycles. The maximum absolute atomic E-state index is 12.2. The van der Waals surface area contributed by atoms with Gasteiger partial charge in [0.25, 0.3) is 5.91 Å². The van der Waals surface area contributed by atoms with E-state index < -0.39 is 0 Å². The van der Waals surface area contributed by atoms with Crippen LogP contribution >= 0.6 is 0 Å². The molecule has 0 saturated carbocycles. The lowest BCUT2D eigenvalue weighted by molar-refractivity contribution is 0.0940. The molecule has 1 heterocycles. The fourth-order valence-electron chi connectivity index (χ4n) is 2.13. The number of carbonyl (C=O) groups excluding carboxylic acids is 1. The molecule has 0 spiro atoms. The number of nitrogens with zero attached hydrogens (tertiary/aromatic N) is 3. The number of nitrogens with two attached hydrogens (primary N) is 1. The lowest BCUT2D eigenvalue weighted by Gasteiger charge is -2.18. The number of anilines is 1. The number of aromatic nitrogens is 2. The molecular formula is C14H27N5O. The quantitative estimate of drug-likeness (QED) is 0.708. The van der Waals surface area contributed by atoms with Gasteiger partial charge in [0.15, 0.2) is 0 Å². The highest BCUT2D eigenvalue weighted by atomic mass is 16.2. The Bertz CT molecular complexity index is 423. The van der Waals surface area contributed by atoms with Crippen molar-refractivity contribution in [2.45, 2.75) is 40.2 Å². The van der Waals surface area contributed by atoms with Crippen LogP contribution in [0.2, 0.25) is 0 Å². The number of nitrogen functional groups attached to an aromatic ring is 1. The van der Waals surface area contributed by atoms with Gasteiger partial charge in [-0.05, 0) is 39.9 Å². The lowest BCUT2D eigenvalue weighted by Crippen LogP contribution is -2.31. The van der Waals surface area contributed by atoms with Crippen LogP contribution in [-0.2, 0) is 0 Å². The summed E-state index contributed by atoms with van der Waals surface area (Å²) in [6.07, 6.45) is 2.47. The van der Waals surface area contributed by atoms with Gasteiger partial charge in [0.05, 0.1) is 11.9 Å². The minimum absolute atomic E-state index is 0.115. The minimum atomic E-state index is -0.145. The molecule has 0 aromatic carbocycles. The summed E-state index contributed by atoms with van der Waals surface area (Å²) in [5, 5.41) is 7.06. The van der Waals surface area contributed by atoms with Crippen LogP contribution in [0.15, 0.2) is 6.20 Å². The monoisotopic (exact) mass is 281 g/mol. The van der Waals surface area contributed by atoms with Crippen molar-refractivity contribution in [3.8, 4) is 0 Å². The molecule has 0 atom stereocenters. The van der Waals surface area contributed by atoms with Crippen molar-refractivity contribution in [3.05, 3.63) is 11.9 Å². The highest BCUT2D eigenvalue weighted by Crippen LogP contribution is 2.15. The van der Waals surface area contributed by atoms with Crippen LogP contribution in [0.4, 0.5) is 5.69 Å². The Morgan fingerprint density at radius 3 is 2.65 bits per heavy atom. The summed E-state index contributed by atoms with van der Waals surface area (Å²) in [5.74, 6) is -0.145. The van der Waals surface area contributed by atoms with E-state index in [2.05, 4.69) is 29.2 Å². The molecule has 0 unspecified atom stereocenters. The zero-order chi connectivity index (χ0) is 15.1. The van der Waals surface area contributed by atoms with E-state index >= 15 is 0 Å². The van der Waals surface area contributed by atoms with Gasteiger partial charge in [0, 0.05) is 12.6 Å². The van der Waals surface area contributed by atoms with E-state index in [1.54, 1.807) is 4.68 Å². The number of amides is 1. The molecule has 1 rings (SSSR count). The third kappa shape index (κ3) is 4.23. The molecule has 6 nitrogen and oxygen atoms in total. The Hall–Kier alpha value is -1.56. The molecule has 1 amide bonds. The number of rotatable bonds is 8. The number of hydrogen-bond acceptors (Lipinski definition) is 4. The molecule has 0 radical (unpaired) electrons. The highest BCUT2D eigenvalue weighted by molar-refractivity contribution is 5.97. The molecule has 1 aromatic rings. The van der Waals surface area contributed by atoms with E-state index in [-0.39, 0.29) is 11.9 Å². The van der Waals surface area contributed by atoms with E-state index in [0.29, 0.717) is 17.9 Å². The molecule has 0 saturated heterocycles. The first-order chi connectivity index (χ1) is 9.51. The van der Waals surface area contributed by atoms with Crippen LogP contribution in [0.25, 0.3) is 0 Å². The van der Waals surface area contributed by atoms with Gasteiger partial charge in [-0.2, -0.15) is 5.10 Å². The number of nitrogens with one attached hydrogen (secondary N) is 1. The van der Waals surface area contributed by atoms with Crippen molar-refractivity contribution in [1.82, 2.24) is 20.0 Å². The summed E-state index contributed by atoms with van der Waals surface area (Å²) in [7, 11) is 0. The van der Waals surface area contributed by atoms with Crippen LogP contribution in [0.3, 0.4) is 0 Å². The zero-order valence-electron chi connectivity index (χ0n) is 13.0. The topological polar surface area (TPSA) is 76.2 Å². The van der Waals surface area contributed by atoms with Crippen LogP contribution in [0, 0.1) is 0 Å². The van der Waals surface area contributed by atoms with E-state index in [1.807, 2.05) is 13.8 Å². The zero-order valence-corrected chi connectivity index (χ0v) is 13.0. The van der Waals surface area contributed by atoms with Crippen LogP contribution in [0.1, 0.15) is 50.6 Å². The van der Waals surface area contributed by atoms with E-state index in [4.69, 9.17) is 5.73 Å². The first kappa shape index (κ1) is 16.5. The van der Waals surface area contributed by atoms with Crippen molar-refractivity contribution < 1.29 is 4.79 Å². The van der Waals surface area contributed by atoms with Gasteiger partial charge >= 0.3 is 0 Å². The Morgan fingerprint density at radius 1 is 1.45 bits per heavy atom. The standard InChI is InChI=1S/C14H27N5O/c1-5-18(6-2)9-7-8-16-14(20)13-12(15)10-17-19(13)11(3)4/h10-11H,5-9,15H2,1-4H3,(H,16,20). The van der Waals surface area contributed by atoms with Gasteiger partial charge in [-0.1, -0.05) is 13.8 Å². The third-order valence-corrected chi connectivity index (χ3v) is 3.36. The fourth-order valence-corrected chi connectivity index (χ4v) is 2.13. The van der Waals surface area contributed by atoms with Crippen molar-refractivity contribution in [2.24, 2.45) is 0 Å². The summed E-state index contributed by atoms with van der Waals surface area (Å²) in [5.41, 5.74) is 6.71. The van der Waals surface area contributed by atoms with E-state index in [0.717, 1.165) is 26.1 Å². The molecule has 0 bridgehead atoms. The van der Waals surface area contributed by atoms with Crippen molar-refractivity contribution in [1.29, 1.82) is 0 Å². The van der Waals surface area contributed by atoms with Crippen molar-refractivity contribution >= 4 is 11.6 Å². The van der Waals surface area contributed by atoms with Crippen LogP contribution in [-0.4, -0.2) is 46.8 Å². The second kappa shape index (κ2) is 7.89. The maximum atomic E-state index is 12.2. The average Bonchev–Trinajstić information content (AvgIpc) is 2.81. The smallest absolute Gasteiger partial charge is 0.271 e. The van der Waals surface area contributed by atoms with Crippen LogP contribution < -0.4 is 11.1 Å². The predicted molar refractivity (Wildman–Crippen MR) is 81.8 cm³/mol. The summed E-state index contributed by atoms with van der Waals surface area (Å²) >= 11 is 0. The first-order valence-electron chi connectivity index (χ1n) is 7.34. The summed E-state index contributed by atoms with van der Waals surface area (Å²) in [6, 6.07) is 0.115. The third-order valence-electron chi connectivity index (χ3n) is 3.36. The van der Waals surface area contributed by atoms with Crippen LogP contribution in [0.5, 0.6) is 0 Å². The lowest BCUT2D eigenvalue weighted by atomic mass is 10.3. The fraction of sp³-hybridized carbons (Fsp3) is 0.714. The van der Waals surface area contributed by atoms with Crippen molar-refractivity contribution in [3.63, 3.8) is 0 Å². The number of carbonyl (C=O) groups is 1. The Morgan fingerprint density at radius 2 is 2.10 bits per heavy atom. The van der Waals surface area contributed by atoms with Gasteiger partial charge in [0.1, 0.15) is 5.69 Å². The average molecular weight is 281 g/mol. The summed E-state index contributed by atoms with van der Waals surface area (Å²) < 4.78 is 1.66. The number of hydrogen-bond donors (Lipinski definition) is 2. The van der Waals surface area contributed by atoms with Gasteiger partial charge < -0.3 is 16.0 Å². The van der Waals surface area contributed by atoms with Gasteiger partial charge in [-0.25, -0.2) is 0 Å². The Balaban J connectivity index is 2.49. The van der Waals surface area contributed by atoms with Crippen molar-refractivity contribution in [2.75, 3.05) is 31.9 Å². The summed E-state index contributed by atoms with van der Waals surface area (Å²) in [6.45, 7) is 12.0. The van der Waals surface area contributed by atoms with E-state index in [9.17, 15) is 4.79 Å². The van der Waals surface area contributed by atoms with E-state index in [1.165, 1.54) is 6.20 Å². The molecule has 0 fully saturated rings. The SMILES string of the molecule is CCN(CC)CCCNC(=O)c1c(N)cnn1C(C)C. The molecule has 0 aliphatic carbocycles. The molecule has 0 aliphatic rings. The second-order valence-electron chi connectivity index (χ2n) is 5.12. The molecule has 114 valence electrons. The first-order valence-corrected chi connectivity index (χ1v) is 7.34. The summed E-state index contributed by atoms with van der Waals surface area (Å²) in [4.78, 5) is 14.5. The minimum Gasteiger partial charge on any atom is -0.396 e. The molecule has 20 heavy (non-hydrogen) atoms. The molecule has 3 N–H and O–H groups in total. The highest BCUT2D eigenvalue weighted by Gasteiger charge is 2.18. The molecule has 1 aromatic heterocycles. The molecule has 6 heteroatoms. The van der Waals surface area contributed by atoms with Gasteiger partial charge in [0.2, 0.25) is 0 Å². The Labute approximate surface area is 121 Å². The maximum Gasteiger partial charge on any atom is 0.271 e. The van der Waals surface area contributed by atoms with Gasteiger partial charge in [-0.3, -0.25) is 9.48 Å². The Kier molecular flexibility index (Phi) is 6.51. The van der Waals surface area contributed by atoms with Gasteiger partial charge in [-0.15, -0.1) is 0 Å². The molecular weight excluding hydrogens is 254 g/mol.